The number of hydrogen-bond acceptors (Lipinski definition) is 4. The minimum absolute atomic E-state index is 0.0437. The molecule has 1 atom stereocenters. The molecular weight excluding hydrogens is 269 g/mol. The van der Waals surface area contributed by atoms with Crippen molar-refractivity contribution in [2.45, 2.75) is 24.3 Å². The van der Waals surface area contributed by atoms with E-state index in [9.17, 15) is 12.8 Å². The summed E-state index contributed by atoms with van der Waals surface area (Å²) < 4.78 is 38.6. The molecule has 5 nitrogen and oxygen atoms in total. The molecule has 0 bridgehead atoms. The van der Waals surface area contributed by atoms with Gasteiger partial charge in [0.1, 0.15) is 11.9 Å². The second-order valence-corrected chi connectivity index (χ2v) is 5.98. The van der Waals surface area contributed by atoms with Crippen LogP contribution in [0.25, 0.3) is 0 Å². The molecule has 7 heteroatoms. The lowest BCUT2D eigenvalue weighted by atomic mass is 10.2. The van der Waals surface area contributed by atoms with Crippen LogP contribution in [0.2, 0.25) is 0 Å². The lowest BCUT2D eigenvalue weighted by Crippen LogP contribution is -2.34. The Labute approximate surface area is 111 Å². The largest absolute Gasteiger partial charge is 0.243 e. The molecule has 0 aliphatic rings. The fourth-order valence-corrected chi connectivity index (χ4v) is 2.80. The number of nitriles is 2. The fraction of sp³-hybridized carbons (Fsp3) is 0.333. The van der Waals surface area contributed by atoms with Crippen LogP contribution in [0.4, 0.5) is 4.39 Å². The molecule has 0 aliphatic heterocycles. The van der Waals surface area contributed by atoms with Gasteiger partial charge in [-0.15, -0.1) is 0 Å². The van der Waals surface area contributed by atoms with Gasteiger partial charge in [-0.05, 0) is 25.1 Å². The Morgan fingerprint density at radius 3 is 2.58 bits per heavy atom. The standard InChI is InChI=1S/C12H12FN3O2S/c1-9(5-6-14)16(2)19(17,18)11-3-4-12(13)10(7-11)8-15/h3-4,7,9H,5H2,1-2H3/t9-/m1/s1. The quantitative estimate of drug-likeness (QED) is 0.839. The van der Waals surface area contributed by atoms with Crippen LogP contribution in [0, 0.1) is 28.5 Å². The van der Waals surface area contributed by atoms with Crippen molar-refractivity contribution in [2.75, 3.05) is 7.05 Å². The molecule has 100 valence electrons. The van der Waals surface area contributed by atoms with Gasteiger partial charge in [-0.25, -0.2) is 12.8 Å². The number of benzene rings is 1. The molecule has 19 heavy (non-hydrogen) atoms. The van der Waals surface area contributed by atoms with E-state index in [1.54, 1.807) is 13.0 Å². The third-order valence-electron chi connectivity index (χ3n) is 2.74. The van der Waals surface area contributed by atoms with E-state index in [-0.39, 0.29) is 16.9 Å². The summed E-state index contributed by atoms with van der Waals surface area (Å²) in [4.78, 5) is -0.169. The monoisotopic (exact) mass is 281 g/mol. The third-order valence-corrected chi connectivity index (χ3v) is 4.71. The summed E-state index contributed by atoms with van der Waals surface area (Å²) in [6.45, 7) is 1.59. The third kappa shape index (κ3) is 3.08. The molecule has 0 fully saturated rings. The predicted molar refractivity (Wildman–Crippen MR) is 65.8 cm³/mol. The highest BCUT2D eigenvalue weighted by atomic mass is 32.2. The number of hydrogen-bond donors (Lipinski definition) is 0. The van der Waals surface area contributed by atoms with Crippen LogP contribution in [-0.2, 0) is 10.0 Å². The molecule has 0 amide bonds. The Hall–Kier alpha value is -1.96. The molecule has 1 rings (SSSR count). The SMILES string of the molecule is C[C@H](CC#N)N(C)S(=O)(=O)c1ccc(F)c(C#N)c1. The topological polar surface area (TPSA) is 85.0 Å². The van der Waals surface area contributed by atoms with Gasteiger partial charge < -0.3 is 0 Å². The average Bonchev–Trinajstić information content (AvgIpc) is 2.38. The molecule has 0 aliphatic carbocycles. The fourth-order valence-electron chi connectivity index (χ4n) is 1.41. The molecular formula is C12H12FN3O2S. The molecule has 0 spiro atoms. The van der Waals surface area contributed by atoms with E-state index in [4.69, 9.17) is 10.5 Å². The highest BCUT2D eigenvalue weighted by Gasteiger charge is 2.26. The maximum absolute atomic E-state index is 13.2. The van der Waals surface area contributed by atoms with Crippen LogP contribution in [0.3, 0.4) is 0 Å². The number of sulfonamides is 1. The first-order valence-corrected chi connectivity index (χ1v) is 6.83. The lowest BCUT2D eigenvalue weighted by molar-refractivity contribution is 0.393. The predicted octanol–water partition coefficient (Wildman–Crippen LogP) is 1.62. The van der Waals surface area contributed by atoms with Gasteiger partial charge in [0.2, 0.25) is 10.0 Å². The first kappa shape index (κ1) is 15.1. The van der Waals surface area contributed by atoms with Crippen molar-refractivity contribution in [3.05, 3.63) is 29.6 Å². The van der Waals surface area contributed by atoms with Crippen LogP contribution >= 0.6 is 0 Å². The van der Waals surface area contributed by atoms with Crippen molar-refractivity contribution in [1.82, 2.24) is 4.31 Å². The number of rotatable bonds is 4. The minimum Gasteiger partial charge on any atom is -0.207 e. The van der Waals surface area contributed by atoms with Gasteiger partial charge in [-0.2, -0.15) is 14.8 Å². The Balaban J connectivity index is 3.22. The van der Waals surface area contributed by atoms with Crippen molar-refractivity contribution >= 4 is 10.0 Å². The van der Waals surface area contributed by atoms with E-state index in [0.717, 1.165) is 22.5 Å². The summed E-state index contributed by atoms with van der Waals surface area (Å²) in [6, 6.07) is 5.99. The first-order valence-electron chi connectivity index (χ1n) is 5.39. The zero-order valence-electron chi connectivity index (χ0n) is 10.5. The minimum atomic E-state index is -3.85. The normalized spacial score (nSPS) is 12.7. The highest BCUT2D eigenvalue weighted by Crippen LogP contribution is 2.20. The van der Waals surface area contributed by atoms with Gasteiger partial charge in [0.15, 0.2) is 0 Å². The molecule has 0 heterocycles. The Morgan fingerprint density at radius 2 is 2.05 bits per heavy atom. The van der Waals surface area contributed by atoms with E-state index in [1.165, 1.54) is 7.05 Å². The molecule has 0 N–H and O–H groups in total. The van der Waals surface area contributed by atoms with Gasteiger partial charge in [0, 0.05) is 13.1 Å². The van der Waals surface area contributed by atoms with Gasteiger partial charge in [0.25, 0.3) is 0 Å². The van der Waals surface area contributed by atoms with E-state index in [1.807, 2.05) is 6.07 Å². The first-order chi connectivity index (χ1) is 8.84. The maximum atomic E-state index is 13.2. The average molecular weight is 281 g/mol. The van der Waals surface area contributed by atoms with Crippen LogP contribution in [0.15, 0.2) is 23.1 Å². The van der Waals surface area contributed by atoms with E-state index in [2.05, 4.69) is 0 Å². The molecule has 0 radical (unpaired) electrons. The van der Waals surface area contributed by atoms with E-state index < -0.39 is 21.9 Å². The van der Waals surface area contributed by atoms with Gasteiger partial charge in [-0.1, -0.05) is 0 Å². The van der Waals surface area contributed by atoms with Crippen LogP contribution < -0.4 is 0 Å². The van der Waals surface area contributed by atoms with Gasteiger partial charge in [0.05, 0.1) is 22.9 Å². The molecule has 0 saturated heterocycles. The molecule has 1 aromatic carbocycles. The van der Waals surface area contributed by atoms with E-state index in [0.29, 0.717) is 0 Å². The Morgan fingerprint density at radius 1 is 1.42 bits per heavy atom. The van der Waals surface area contributed by atoms with Crippen molar-refractivity contribution in [1.29, 1.82) is 10.5 Å². The van der Waals surface area contributed by atoms with Crippen molar-refractivity contribution < 1.29 is 12.8 Å². The number of halogens is 1. The molecule has 0 unspecified atom stereocenters. The summed E-state index contributed by atoms with van der Waals surface area (Å²) in [5.74, 6) is -0.769. The van der Waals surface area contributed by atoms with Crippen LogP contribution in [-0.4, -0.2) is 25.8 Å². The van der Waals surface area contributed by atoms with Crippen molar-refractivity contribution in [3.8, 4) is 12.1 Å². The van der Waals surface area contributed by atoms with Crippen molar-refractivity contribution in [2.24, 2.45) is 0 Å². The Bertz CT molecular complexity index is 659. The van der Waals surface area contributed by atoms with Crippen molar-refractivity contribution in [3.63, 3.8) is 0 Å². The highest BCUT2D eigenvalue weighted by molar-refractivity contribution is 7.89. The lowest BCUT2D eigenvalue weighted by Gasteiger charge is -2.22. The number of nitrogens with zero attached hydrogens (tertiary/aromatic N) is 3. The second-order valence-electron chi connectivity index (χ2n) is 3.99. The summed E-state index contributed by atoms with van der Waals surface area (Å²) in [7, 11) is -2.51. The second kappa shape index (κ2) is 5.79. The molecule has 0 aromatic heterocycles. The van der Waals surface area contributed by atoms with Gasteiger partial charge >= 0.3 is 0 Å². The smallest absolute Gasteiger partial charge is 0.207 e. The summed E-state index contributed by atoms with van der Waals surface area (Å²) >= 11 is 0. The van der Waals surface area contributed by atoms with E-state index >= 15 is 0 Å². The molecule has 0 saturated carbocycles. The summed E-state index contributed by atoms with van der Waals surface area (Å²) in [6.07, 6.45) is 0.0437. The Kier molecular flexibility index (Phi) is 4.60. The van der Waals surface area contributed by atoms with Gasteiger partial charge in [-0.3, -0.25) is 0 Å². The van der Waals surface area contributed by atoms with Crippen LogP contribution in [0.1, 0.15) is 18.9 Å². The summed E-state index contributed by atoms with van der Waals surface area (Å²) in [5, 5.41) is 17.3. The maximum Gasteiger partial charge on any atom is 0.243 e. The molecule has 1 aromatic rings. The zero-order chi connectivity index (χ0) is 14.6. The zero-order valence-corrected chi connectivity index (χ0v) is 11.3. The van der Waals surface area contributed by atoms with Crippen LogP contribution in [0.5, 0.6) is 0 Å². The summed E-state index contributed by atoms with van der Waals surface area (Å²) in [5.41, 5.74) is -0.331.